The van der Waals surface area contributed by atoms with Crippen LogP contribution in [0.3, 0.4) is 0 Å². The molecule has 1 aromatic carbocycles. The van der Waals surface area contributed by atoms with E-state index in [1.165, 1.54) is 37.8 Å². The second-order valence-corrected chi connectivity index (χ2v) is 7.49. The smallest absolute Gasteiger partial charge is 0.118 e. The summed E-state index contributed by atoms with van der Waals surface area (Å²) in [4.78, 5) is 2.63. The molecule has 2 aliphatic rings. The van der Waals surface area contributed by atoms with Crippen molar-refractivity contribution in [1.29, 1.82) is 0 Å². The summed E-state index contributed by atoms with van der Waals surface area (Å²) in [5.41, 5.74) is 1.94. The Morgan fingerprint density at radius 2 is 1.76 bits per heavy atom. The Kier molecular flexibility index (Phi) is 3.98. The number of hydrogen-bond donors (Lipinski definition) is 1. The van der Waals surface area contributed by atoms with E-state index >= 15 is 0 Å². The van der Waals surface area contributed by atoms with Gasteiger partial charge in [0, 0.05) is 30.7 Å². The van der Waals surface area contributed by atoms with Crippen LogP contribution in [-0.2, 0) is 6.54 Å². The minimum atomic E-state index is 0.203. The Bertz CT molecular complexity index is 474. The second-order valence-electron chi connectivity index (χ2n) is 7.49. The van der Waals surface area contributed by atoms with Gasteiger partial charge in [-0.2, -0.15) is 0 Å². The minimum absolute atomic E-state index is 0.203. The molecule has 1 aliphatic heterocycles. The number of nitrogens with one attached hydrogen (secondary N) is 1. The van der Waals surface area contributed by atoms with E-state index in [2.05, 4.69) is 48.3 Å². The summed E-state index contributed by atoms with van der Waals surface area (Å²) < 4.78 is 5.24. The van der Waals surface area contributed by atoms with Gasteiger partial charge in [-0.15, -0.1) is 0 Å². The van der Waals surface area contributed by atoms with Crippen molar-refractivity contribution < 1.29 is 4.74 Å². The van der Waals surface area contributed by atoms with Crippen LogP contribution in [0.15, 0.2) is 24.3 Å². The Balaban J connectivity index is 1.71. The lowest BCUT2D eigenvalue weighted by molar-refractivity contribution is 0.0573. The molecule has 21 heavy (non-hydrogen) atoms. The molecule has 2 fully saturated rings. The SMILES string of the molecule is COc1ccc(CN2CC(C)(C)NC3(CCCC3)C2)cc1. The average Bonchev–Trinajstić information content (AvgIpc) is 2.85. The summed E-state index contributed by atoms with van der Waals surface area (Å²) >= 11 is 0. The predicted molar refractivity (Wildman–Crippen MR) is 86.7 cm³/mol. The standard InChI is InChI=1S/C18H28N2O/c1-17(2)13-20(14-18(19-17)10-4-5-11-18)12-15-6-8-16(21-3)9-7-15/h6-9,19H,4-5,10-14H2,1-3H3. The maximum atomic E-state index is 5.24. The van der Waals surface area contributed by atoms with Gasteiger partial charge in [0.1, 0.15) is 5.75 Å². The first-order valence-electron chi connectivity index (χ1n) is 8.15. The molecule has 116 valence electrons. The van der Waals surface area contributed by atoms with Crippen molar-refractivity contribution in [1.82, 2.24) is 10.2 Å². The van der Waals surface area contributed by atoms with Gasteiger partial charge in [0.25, 0.3) is 0 Å². The van der Waals surface area contributed by atoms with Crippen molar-refractivity contribution in [2.24, 2.45) is 0 Å². The van der Waals surface area contributed by atoms with Gasteiger partial charge in [0.15, 0.2) is 0 Å². The molecular formula is C18H28N2O. The Morgan fingerprint density at radius 1 is 1.10 bits per heavy atom. The number of benzene rings is 1. The van der Waals surface area contributed by atoms with Crippen LogP contribution < -0.4 is 10.1 Å². The lowest BCUT2D eigenvalue weighted by atomic mass is 9.87. The van der Waals surface area contributed by atoms with Crippen LogP contribution in [0.4, 0.5) is 0 Å². The topological polar surface area (TPSA) is 24.5 Å². The molecule has 1 spiro atoms. The summed E-state index contributed by atoms with van der Waals surface area (Å²) in [5.74, 6) is 0.937. The third-order valence-electron chi connectivity index (χ3n) is 4.87. The monoisotopic (exact) mass is 288 g/mol. The van der Waals surface area contributed by atoms with Crippen LogP contribution in [-0.4, -0.2) is 36.2 Å². The molecule has 1 aromatic rings. The molecule has 1 heterocycles. The first-order chi connectivity index (χ1) is 10.0. The molecule has 3 heteroatoms. The third kappa shape index (κ3) is 3.41. The minimum Gasteiger partial charge on any atom is -0.497 e. The number of ether oxygens (including phenoxy) is 1. The maximum Gasteiger partial charge on any atom is 0.118 e. The Hall–Kier alpha value is -1.06. The largest absolute Gasteiger partial charge is 0.497 e. The summed E-state index contributed by atoms with van der Waals surface area (Å²) in [6.07, 6.45) is 5.41. The molecule has 3 rings (SSSR count). The summed E-state index contributed by atoms with van der Waals surface area (Å²) in [6.45, 7) is 8.01. The number of hydrogen-bond acceptors (Lipinski definition) is 3. The lowest BCUT2D eigenvalue weighted by Gasteiger charge is -2.50. The van der Waals surface area contributed by atoms with Gasteiger partial charge >= 0.3 is 0 Å². The second kappa shape index (κ2) is 5.62. The highest BCUT2D eigenvalue weighted by atomic mass is 16.5. The van der Waals surface area contributed by atoms with Gasteiger partial charge in [0.2, 0.25) is 0 Å². The Morgan fingerprint density at radius 3 is 2.38 bits per heavy atom. The van der Waals surface area contributed by atoms with Crippen molar-refractivity contribution >= 4 is 0 Å². The van der Waals surface area contributed by atoms with Crippen LogP contribution in [0.2, 0.25) is 0 Å². The van der Waals surface area contributed by atoms with E-state index in [0.29, 0.717) is 5.54 Å². The van der Waals surface area contributed by atoms with Gasteiger partial charge in [-0.3, -0.25) is 4.90 Å². The fourth-order valence-electron chi connectivity index (χ4n) is 4.28. The zero-order chi connectivity index (χ0) is 14.9. The molecule has 0 bridgehead atoms. The molecule has 0 aromatic heterocycles. The van der Waals surface area contributed by atoms with Gasteiger partial charge < -0.3 is 10.1 Å². The molecular weight excluding hydrogens is 260 g/mol. The molecule has 1 saturated carbocycles. The van der Waals surface area contributed by atoms with E-state index in [-0.39, 0.29) is 5.54 Å². The number of rotatable bonds is 3. The van der Waals surface area contributed by atoms with E-state index in [1.54, 1.807) is 7.11 Å². The first-order valence-corrected chi connectivity index (χ1v) is 8.15. The van der Waals surface area contributed by atoms with E-state index in [1.807, 2.05) is 0 Å². The van der Waals surface area contributed by atoms with Crippen LogP contribution in [0.1, 0.15) is 45.1 Å². The zero-order valence-electron chi connectivity index (χ0n) is 13.6. The molecule has 0 radical (unpaired) electrons. The van der Waals surface area contributed by atoms with Gasteiger partial charge in [-0.05, 0) is 44.4 Å². The number of methoxy groups -OCH3 is 1. The lowest BCUT2D eigenvalue weighted by Crippen LogP contribution is -2.67. The van der Waals surface area contributed by atoms with Crippen LogP contribution in [0.5, 0.6) is 5.75 Å². The fourth-order valence-corrected chi connectivity index (χ4v) is 4.28. The molecule has 3 nitrogen and oxygen atoms in total. The van der Waals surface area contributed by atoms with Gasteiger partial charge in [0.05, 0.1) is 7.11 Å². The predicted octanol–water partition coefficient (Wildman–Crippen LogP) is 3.19. The molecule has 1 saturated heterocycles. The van der Waals surface area contributed by atoms with Crippen molar-refractivity contribution in [2.45, 2.75) is 57.2 Å². The van der Waals surface area contributed by atoms with Gasteiger partial charge in [-0.25, -0.2) is 0 Å². The quantitative estimate of drug-likeness (QED) is 0.924. The van der Waals surface area contributed by atoms with Crippen LogP contribution in [0.25, 0.3) is 0 Å². The molecule has 0 unspecified atom stereocenters. The molecule has 0 atom stereocenters. The summed E-state index contributed by atoms with van der Waals surface area (Å²) in [6, 6.07) is 8.51. The van der Waals surface area contributed by atoms with Crippen molar-refractivity contribution in [2.75, 3.05) is 20.2 Å². The van der Waals surface area contributed by atoms with Crippen molar-refractivity contribution in [3.8, 4) is 5.75 Å². The van der Waals surface area contributed by atoms with Crippen LogP contribution in [0, 0.1) is 0 Å². The number of nitrogens with zero attached hydrogens (tertiary/aromatic N) is 1. The van der Waals surface area contributed by atoms with Crippen molar-refractivity contribution in [3.05, 3.63) is 29.8 Å². The molecule has 1 aliphatic carbocycles. The molecule has 1 N–H and O–H groups in total. The van der Waals surface area contributed by atoms with Gasteiger partial charge in [-0.1, -0.05) is 25.0 Å². The highest BCUT2D eigenvalue weighted by molar-refractivity contribution is 5.27. The zero-order valence-corrected chi connectivity index (χ0v) is 13.6. The van der Waals surface area contributed by atoms with E-state index < -0.39 is 0 Å². The normalized spacial score (nSPS) is 24.3. The van der Waals surface area contributed by atoms with Crippen molar-refractivity contribution in [3.63, 3.8) is 0 Å². The fraction of sp³-hybridized carbons (Fsp3) is 0.667. The van der Waals surface area contributed by atoms with E-state index in [4.69, 9.17) is 4.74 Å². The molecule has 0 amide bonds. The Labute approximate surface area is 128 Å². The summed E-state index contributed by atoms with van der Waals surface area (Å²) in [7, 11) is 1.72. The van der Waals surface area contributed by atoms with E-state index in [0.717, 1.165) is 18.8 Å². The number of piperazine rings is 1. The summed E-state index contributed by atoms with van der Waals surface area (Å²) in [5, 5.41) is 3.94. The third-order valence-corrected chi connectivity index (χ3v) is 4.87. The highest BCUT2D eigenvalue weighted by Crippen LogP contribution is 2.36. The van der Waals surface area contributed by atoms with Crippen LogP contribution >= 0.6 is 0 Å². The first kappa shape index (κ1) is 14.9. The maximum absolute atomic E-state index is 5.24. The average molecular weight is 288 g/mol. The highest BCUT2D eigenvalue weighted by Gasteiger charge is 2.43. The van der Waals surface area contributed by atoms with E-state index in [9.17, 15) is 0 Å².